The third-order valence-electron chi connectivity index (χ3n) is 3.53. The van der Waals surface area contributed by atoms with Crippen molar-refractivity contribution in [1.29, 1.82) is 0 Å². The van der Waals surface area contributed by atoms with Crippen molar-refractivity contribution in [3.05, 3.63) is 29.3 Å². The number of benzene rings is 1. The van der Waals surface area contributed by atoms with Crippen LogP contribution in [0.3, 0.4) is 0 Å². The van der Waals surface area contributed by atoms with Gasteiger partial charge in [-0.05, 0) is 43.5 Å². The SMILES string of the molecule is CCC(C)N(CC)S(=O)(=O)c1ccc(CN)c(C)c1. The van der Waals surface area contributed by atoms with Gasteiger partial charge in [-0.15, -0.1) is 0 Å². The lowest BCUT2D eigenvalue weighted by molar-refractivity contribution is 0.342. The van der Waals surface area contributed by atoms with Crippen LogP contribution in [0.5, 0.6) is 0 Å². The molecule has 0 spiro atoms. The van der Waals surface area contributed by atoms with Crippen LogP contribution in [-0.2, 0) is 16.6 Å². The summed E-state index contributed by atoms with van der Waals surface area (Å²) in [5.41, 5.74) is 7.50. The first-order valence-electron chi connectivity index (χ1n) is 6.69. The van der Waals surface area contributed by atoms with E-state index in [0.29, 0.717) is 18.0 Å². The minimum absolute atomic E-state index is 0.00416. The molecule has 0 aromatic heterocycles. The van der Waals surface area contributed by atoms with E-state index in [-0.39, 0.29) is 6.04 Å². The van der Waals surface area contributed by atoms with Crippen LogP contribution in [0.1, 0.15) is 38.3 Å². The average Bonchev–Trinajstić information content (AvgIpc) is 2.38. The topological polar surface area (TPSA) is 63.4 Å². The zero-order valence-electron chi connectivity index (χ0n) is 12.2. The second-order valence-corrected chi connectivity index (χ2v) is 6.65. The van der Waals surface area contributed by atoms with Gasteiger partial charge in [-0.3, -0.25) is 0 Å². The van der Waals surface area contributed by atoms with Gasteiger partial charge in [0.05, 0.1) is 4.90 Å². The molecule has 5 heteroatoms. The number of aryl methyl sites for hydroxylation is 1. The summed E-state index contributed by atoms with van der Waals surface area (Å²) in [6.07, 6.45) is 0.799. The highest BCUT2D eigenvalue weighted by Crippen LogP contribution is 2.21. The van der Waals surface area contributed by atoms with Gasteiger partial charge in [0, 0.05) is 19.1 Å². The Morgan fingerprint density at radius 2 is 1.95 bits per heavy atom. The summed E-state index contributed by atoms with van der Waals surface area (Å²) in [4.78, 5) is 0.351. The molecule has 2 N–H and O–H groups in total. The molecule has 0 bridgehead atoms. The maximum absolute atomic E-state index is 12.6. The van der Waals surface area contributed by atoms with Crippen molar-refractivity contribution in [3.8, 4) is 0 Å². The number of hydrogen-bond acceptors (Lipinski definition) is 3. The van der Waals surface area contributed by atoms with Crippen molar-refractivity contribution in [1.82, 2.24) is 4.31 Å². The molecule has 1 aromatic rings. The molecule has 19 heavy (non-hydrogen) atoms. The molecule has 1 aromatic carbocycles. The van der Waals surface area contributed by atoms with E-state index in [9.17, 15) is 8.42 Å². The van der Waals surface area contributed by atoms with Crippen LogP contribution in [-0.4, -0.2) is 25.3 Å². The number of nitrogens with zero attached hydrogens (tertiary/aromatic N) is 1. The number of nitrogens with two attached hydrogens (primary N) is 1. The highest BCUT2D eigenvalue weighted by molar-refractivity contribution is 7.89. The molecule has 4 nitrogen and oxygen atoms in total. The third-order valence-corrected chi connectivity index (χ3v) is 5.62. The van der Waals surface area contributed by atoms with E-state index in [1.807, 2.05) is 27.7 Å². The fourth-order valence-corrected chi connectivity index (χ4v) is 3.91. The van der Waals surface area contributed by atoms with E-state index in [0.717, 1.165) is 17.5 Å². The summed E-state index contributed by atoms with van der Waals surface area (Å²) in [7, 11) is -3.42. The van der Waals surface area contributed by atoms with E-state index in [2.05, 4.69) is 0 Å². The van der Waals surface area contributed by atoms with Crippen molar-refractivity contribution >= 4 is 10.0 Å². The van der Waals surface area contributed by atoms with Gasteiger partial charge in [0.2, 0.25) is 10.0 Å². The zero-order valence-corrected chi connectivity index (χ0v) is 13.0. The summed E-state index contributed by atoms with van der Waals surface area (Å²) < 4.78 is 26.8. The van der Waals surface area contributed by atoms with Crippen molar-refractivity contribution in [2.75, 3.05) is 6.54 Å². The first-order chi connectivity index (χ1) is 8.88. The molecule has 1 atom stereocenters. The van der Waals surface area contributed by atoms with E-state index in [1.165, 1.54) is 0 Å². The molecule has 0 aliphatic heterocycles. The van der Waals surface area contributed by atoms with Gasteiger partial charge in [-0.2, -0.15) is 4.31 Å². The van der Waals surface area contributed by atoms with Gasteiger partial charge in [0.1, 0.15) is 0 Å². The number of hydrogen-bond donors (Lipinski definition) is 1. The van der Waals surface area contributed by atoms with Gasteiger partial charge in [0.15, 0.2) is 0 Å². The van der Waals surface area contributed by atoms with Gasteiger partial charge < -0.3 is 5.73 Å². The summed E-state index contributed by atoms with van der Waals surface area (Å²) in [6, 6.07) is 5.16. The molecule has 0 radical (unpaired) electrons. The van der Waals surface area contributed by atoms with E-state index in [1.54, 1.807) is 22.5 Å². The van der Waals surface area contributed by atoms with Crippen molar-refractivity contribution in [3.63, 3.8) is 0 Å². The van der Waals surface area contributed by atoms with Crippen LogP contribution in [0, 0.1) is 6.92 Å². The Balaban J connectivity index is 3.22. The second-order valence-electron chi connectivity index (χ2n) is 4.76. The Morgan fingerprint density at radius 3 is 2.37 bits per heavy atom. The van der Waals surface area contributed by atoms with Gasteiger partial charge >= 0.3 is 0 Å². The van der Waals surface area contributed by atoms with Crippen molar-refractivity contribution < 1.29 is 8.42 Å². The predicted octanol–water partition coefficient (Wildman–Crippen LogP) is 2.26. The van der Waals surface area contributed by atoms with Gasteiger partial charge in [0.25, 0.3) is 0 Å². The van der Waals surface area contributed by atoms with Crippen LogP contribution in [0.2, 0.25) is 0 Å². The van der Waals surface area contributed by atoms with Gasteiger partial charge in [-0.1, -0.05) is 19.9 Å². The maximum Gasteiger partial charge on any atom is 0.243 e. The Bertz CT molecular complexity index is 526. The van der Waals surface area contributed by atoms with Crippen LogP contribution in [0.15, 0.2) is 23.1 Å². The molecule has 0 saturated carbocycles. The molecule has 0 fully saturated rings. The molecule has 1 rings (SSSR count). The monoisotopic (exact) mass is 284 g/mol. The smallest absolute Gasteiger partial charge is 0.243 e. The zero-order chi connectivity index (χ0) is 14.6. The van der Waals surface area contributed by atoms with E-state index >= 15 is 0 Å². The van der Waals surface area contributed by atoms with E-state index in [4.69, 9.17) is 5.73 Å². The minimum atomic E-state index is -3.42. The summed E-state index contributed by atoms with van der Waals surface area (Å²) >= 11 is 0. The summed E-state index contributed by atoms with van der Waals surface area (Å²) in [5.74, 6) is 0. The largest absolute Gasteiger partial charge is 0.326 e. The van der Waals surface area contributed by atoms with Gasteiger partial charge in [-0.25, -0.2) is 8.42 Å². The van der Waals surface area contributed by atoms with Crippen molar-refractivity contribution in [2.45, 2.75) is 51.6 Å². The Labute approximate surface area is 116 Å². The molecule has 0 aliphatic carbocycles. The normalized spacial score (nSPS) is 13.8. The van der Waals surface area contributed by atoms with Crippen LogP contribution < -0.4 is 5.73 Å². The van der Waals surface area contributed by atoms with Crippen LogP contribution in [0.25, 0.3) is 0 Å². The van der Waals surface area contributed by atoms with Crippen molar-refractivity contribution in [2.24, 2.45) is 5.73 Å². The third kappa shape index (κ3) is 3.35. The molecule has 0 aliphatic rings. The molecular weight excluding hydrogens is 260 g/mol. The number of sulfonamides is 1. The Hall–Kier alpha value is -0.910. The lowest BCUT2D eigenvalue weighted by Gasteiger charge is -2.26. The standard InChI is InChI=1S/C14H24N2O2S/c1-5-12(4)16(6-2)19(17,18)14-8-7-13(10-15)11(3)9-14/h7-9,12H,5-6,10,15H2,1-4H3. The summed E-state index contributed by atoms with van der Waals surface area (Å²) in [5, 5.41) is 0. The average molecular weight is 284 g/mol. The quantitative estimate of drug-likeness (QED) is 0.871. The first kappa shape index (κ1) is 16.1. The molecule has 0 saturated heterocycles. The highest BCUT2D eigenvalue weighted by Gasteiger charge is 2.26. The molecule has 0 amide bonds. The minimum Gasteiger partial charge on any atom is -0.326 e. The predicted molar refractivity (Wildman–Crippen MR) is 78.4 cm³/mol. The van der Waals surface area contributed by atoms with E-state index < -0.39 is 10.0 Å². The fraction of sp³-hybridized carbons (Fsp3) is 0.571. The maximum atomic E-state index is 12.6. The fourth-order valence-electron chi connectivity index (χ4n) is 2.12. The van der Waals surface area contributed by atoms with Crippen LogP contribution in [0.4, 0.5) is 0 Å². The first-order valence-corrected chi connectivity index (χ1v) is 8.13. The Morgan fingerprint density at radius 1 is 1.32 bits per heavy atom. The molecule has 1 unspecified atom stereocenters. The number of rotatable bonds is 6. The second kappa shape index (κ2) is 6.50. The highest BCUT2D eigenvalue weighted by atomic mass is 32.2. The summed E-state index contributed by atoms with van der Waals surface area (Å²) in [6.45, 7) is 8.59. The molecule has 108 valence electrons. The molecular formula is C14H24N2O2S. The Kier molecular flexibility index (Phi) is 5.52. The molecule has 0 heterocycles. The lowest BCUT2D eigenvalue weighted by atomic mass is 10.1. The van der Waals surface area contributed by atoms with Crippen LogP contribution >= 0.6 is 0 Å². The lowest BCUT2D eigenvalue weighted by Crippen LogP contribution is -2.38.